The van der Waals surface area contributed by atoms with Crippen molar-refractivity contribution in [3.05, 3.63) is 69.5 Å². The molecule has 30 heavy (non-hydrogen) atoms. The minimum absolute atomic E-state index is 0.0706. The Labute approximate surface area is 172 Å². The number of pyridine rings is 1. The number of nitriles is 1. The molecule has 9 heteroatoms. The number of halogens is 1. The Bertz CT molecular complexity index is 1120. The predicted octanol–water partition coefficient (Wildman–Crippen LogP) is 2.16. The summed E-state index contributed by atoms with van der Waals surface area (Å²) in [7, 11) is 1.62. The van der Waals surface area contributed by atoms with Crippen LogP contribution in [0.3, 0.4) is 0 Å². The van der Waals surface area contributed by atoms with E-state index < -0.39 is 17.6 Å². The Morgan fingerprint density at radius 1 is 1.37 bits per heavy atom. The third-order valence-electron chi connectivity index (χ3n) is 4.75. The van der Waals surface area contributed by atoms with Crippen molar-refractivity contribution in [2.75, 3.05) is 20.3 Å². The Balaban J connectivity index is 1.82. The topological polar surface area (TPSA) is 116 Å². The van der Waals surface area contributed by atoms with Gasteiger partial charge >= 0.3 is 0 Å². The van der Waals surface area contributed by atoms with Gasteiger partial charge in [-0.05, 0) is 49.2 Å². The molecule has 0 bridgehead atoms. The molecule has 1 atom stereocenters. The van der Waals surface area contributed by atoms with Crippen molar-refractivity contribution < 1.29 is 14.2 Å². The van der Waals surface area contributed by atoms with E-state index in [2.05, 4.69) is 15.4 Å². The van der Waals surface area contributed by atoms with Gasteiger partial charge in [0, 0.05) is 31.7 Å². The first kappa shape index (κ1) is 21.4. The van der Waals surface area contributed by atoms with Crippen molar-refractivity contribution in [1.29, 1.82) is 5.26 Å². The molecule has 0 saturated heterocycles. The molecule has 2 aromatic heterocycles. The quantitative estimate of drug-likeness (QED) is 0.386. The number of ether oxygens (including phenoxy) is 1. The van der Waals surface area contributed by atoms with Crippen LogP contribution in [0.25, 0.3) is 16.9 Å². The Morgan fingerprint density at radius 2 is 2.17 bits per heavy atom. The summed E-state index contributed by atoms with van der Waals surface area (Å²) in [6.45, 7) is 2.70. The Hall–Kier alpha value is -3.32. The summed E-state index contributed by atoms with van der Waals surface area (Å²) in [6.07, 6.45) is 2.82. The van der Waals surface area contributed by atoms with Gasteiger partial charge in [-0.3, -0.25) is 15.2 Å². The number of H-pyrrole nitrogens is 1. The molecule has 3 aromatic rings. The lowest BCUT2D eigenvalue weighted by atomic mass is 10.0. The largest absolute Gasteiger partial charge is 0.385 e. The van der Waals surface area contributed by atoms with Crippen molar-refractivity contribution in [2.45, 2.75) is 19.6 Å². The third kappa shape index (κ3) is 4.31. The maximum atomic E-state index is 14.3. The van der Waals surface area contributed by atoms with Crippen molar-refractivity contribution in [2.24, 2.45) is 0 Å². The summed E-state index contributed by atoms with van der Waals surface area (Å²) in [5, 5.41) is 24.9. The summed E-state index contributed by atoms with van der Waals surface area (Å²) in [6, 6.07) is 7.95. The van der Waals surface area contributed by atoms with Gasteiger partial charge in [0.2, 0.25) is 0 Å². The van der Waals surface area contributed by atoms with E-state index in [9.17, 15) is 14.3 Å². The van der Waals surface area contributed by atoms with Crippen LogP contribution in [0.2, 0.25) is 0 Å². The van der Waals surface area contributed by atoms with Gasteiger partial charge in [0.05, 0.1) is 11.1 Å². The molecule has 1 aromatic carbocycles. The van der Waals surface area contributed by atoms with Gasteiger partial charge in [-0.2, -0.15) is 5.26 Å². The molecule has 0 fully saturated rings. The second kappa shape index (κ2) is 9.45. The van der Waals surface area contributed by atoms with Crippen LogP contribution in [0, 0.1) is 24.1 Å². The second-order valence-corrected chi connectivity index (χ2v) is 6.69. The molecule has 0 amide bonds. The van der Waals surface area contributed by atoms with Crippen LogP contribution in [0.4, 0.5) is 4.39 Å². The molecule has 0 saturated carbocycles. The van der Waals surface area contributed by atoms with E-state index >= 15 is 0 Å². The number of hydrogen-bond donors (Lipinski definition) is 3. The van der Waals surface area contributed by atoms with Gasteiger partial charge in [-0.15, -0.1) is 0 Å². The molecule has 0 radical (unpaired) electrons. The molecule has 8 nitrogen and oxygen atoms in total. The SMILES string of the molecule is COCCCNC(O)c1ccc(-n2[nH]cc(-c3ccc(C#N)c(F)c3C)c2=O)nc1. The number of aliphatic hydroxyl groups is 1. The first-order valence-corrected chi connectivity index (χ1v) is 9.34. The number of nitrogens with zero attached hydrogens (tertiary/aromatic N) is 3. The number of aromatic amines is 1. The minimum atomic E-state index is -0.886. The monoisotopic (exact) mass is 411 g/mol. The number of hydrogen-bond acceptors (Lipinski definition) is 6. The zero-order valence-corrected chi connectivity index (χ0v) is 16.6. The van der Waals surface area contributed by atoms with E-state index in [4.69, 9.17) is 10.00 Å². The predicted molar refractivity (Wildman–Crippen MR) is 108 cm³/mol. The van der Waals surface area contributed by atoms with E-state index in [1.165, 1.54) is 30.1 Å². The molecule has 3 N–H and O–H groups in total. The lowest BCUT2D eigenvalue weighted by molar-refractivity contribution is 0.130. The summed E-state index contributed by atoms with van der Waals surface area (Å²) in [5.74, 6) is -0.315. The fourth-order valence-corrected chi connectivity index (χ4v) is 3.06. The third-order valence-corrected chi connectivity index (χ3v) is 4.75. The van der Waals surface area contributed by atoms with Crippen LogP contribution in [0.1, 0.15) is 29.3 Å². The maximum Gasteiger partial charge on any atom is 0.280 e. The first-order valence-electron chi connectivity index (χ1n) is 9.34. The average molecular weight is 411 g/mol. The Morgan fingerprint density at radius 3 is 2.83 bits per heavy atom. The van der Waals surface area contributed by atoms with Crippen molar-refractivity contribution >= 4 is 0 Å². The summed E-state index contributed by atoms with van der Waals surface area (Å²) in [4.78, 5) is 17.1. The number of aliphatic hydroxyl groups excluding tert-OH is 1. The van der Waals surface area contributed by atoms with Gasteiger partial charge in [-0.1, -0.05) is 6.07 Å². The van der Waals surface area contributed by atoms with Crippen LogP contribution >= 0.6 is 0 Å². The highest BCUT2D eigenvalue weighted by Crippen LogP contribution is 2.24. The molecule has 0 aliphatic heterocycles. The highest BCUT2D eigenvalue weighted by Gasteiger charge is 2.17. The molecular weight excluding hydrogens is 389 g/mol. The molecule has 156 valence electrons. The number of methoxy groups -OCH3 is 1. The Kier molecular flexibility index (Phi) is 6.74. The summed E-state index contributed by atoms with van der Waals surface area (Å²) in [5.41, 5.74) is 0.976. The lowest BCUT2D eigenvalue weighted by Gasteiger charge is -2.13. The van der Waals surface area contributed by atoms with Gasteiger partial charge in [0.1, 0.15) is 18.1 Å². The second-order valence-electron chi connectivity index (χ2n) is 6.69. The number of benzene rings is 1. The zero-order valence-electron chi connectivity index (χ0n) is 16.6. The van der Waals surface area contributed by atoms with Crippen LogP contribution < -0.4 is 10.9 Å². The fraction of sp³-hybridized carbons (Fsp3) is 0.286. The lowest BCUT2D eigenvalue weighted by Crippen LogP contribution is -2.23. The molecular formula is C21H22FN5O3. The highest BCUT2D eigenvalue weighted by atomic mass is 19.1. The van der Waals surface area contributed by atoms with E-state index in [1.807, 2.05) is 0 Å². The van der Waals surface area contributed by atoms with Crippen LogP contribution in [-0.2, 0) is 4.74 Å². The van der Waals surface area contributed by atoms with E-state index in [0.29, 0.717) is 30.1 Å². The smallest absolute Gasteiger partial charge is 0.280 e. The van der Waals surface area contributed by atoms with Gasteiger partial charge < -0.3 is 9.84 Å². The number of rotatable bonds is 8. The van der Waals surface area contributed by atoms with E-state index in [-0.39, 0.29) is 16.7 Å². The normalized spacial score (nSPS) is 12.0. The van der Waals surface area contributed by atoms with Gasteiger partial charge in [0.25, 0.3) is 5.56 Å². The van der Waals surface area contributed by atoms with Crippen molar-refractivity contribution in [3.8, 4) is 23.0 Å². The zero-order chi connectivity index (χ0) is 21.7. The maximum absolute atomic E-state index is 14.3. The molecule has 2 heterocycles. The number of aromatic nitrogens is 3. The highest BCUT2D eigenvalue weighted by molar-refractivity contribution is 5.67. The fourth-order valence-electron chi connectivity index (χ4n) is 3.06. The van der Waals surface area contributed by atoms with E-state index in [0.717, 1.165) is 6.42 Å². The van der Waals surface area contributed by atoms with Gasteiger partial charge in [-0.25, -0.2) is 14.1 Å². The van der Waals surface area contributed by atoms with Crippen LogP contribution in [0.15, 0.2) is 41.5 Å². The van der Waals surface area contributed by atoms with Crippen molar-refractivity contribution in [3.63, 3.8) is 0 Å². The van der Waals surface area contributed by atoms with Gasteiger partial charge in [0.15, 0.2) is 5.82 Å². The van der Waals surface area contributed by atoms with Crippen molar-refractivity contribution in [1.82, 2.24) is 20.1 Å². The molecule has 0 aliphatic rings. The first-order chi connectivity index (χ1) is 14.5. The molecule has 3 rings (SSSR count). The molecule has 1 unspecified atom stereocenters. The minimum Gasteiger partial charge on any atom is -0.385 e. The summed E-state index contributed by atoms with van der Waals surface area (Å²) >= 11 is 0. The van der Waals surface area contributed by atoms with Crippen LogP contribution in [-0.4, -0.2) is 40.1 Å². The van der Waals surface area contributed by atoms with E-state index in [1.54, 1.807) is 31.4 Å². The van der Waals surface area contributed by atoms with Crippen LogP contribution in [0.5, 0.6) is 0 Å². The standard InChI is InChI=1S/C21H22FN5O3/c1-13-16(6-4-14(10-23)19(13)22)17-12-26-27(21(17)29)18-7-5-15(11-25-18)20(28)24-8-3-9-30-2/h4-7,11-12,20,24,26,28H,3,8-9H2,1-2H3. The average Bonchev–Trinajstić information content (AvgIpc) is 3.14. The molecule has 0 spiro atoms. The summed E-state index contributed by atoms with van der Waals surface area (Å²) < 4.78 is 20.5. The molecule has 0 aliphatic carbocycles. The number of nitrogens with one attached hydrogen (secondary N) is 2.